The van der Waals surface area contributed by atoms with E-state index in [1.165, 1.54) is 6.92 Å². The molecule has 0 saturated carbocycles. The lowest BCUT2D eigenvalue weighted by Crippen LogP contribution is -2.41. The monoisotopic (exact) mass is 163 g/mol. The molecule has 0 aromatic carbocycles. The number of amides is 1. The van der Waals surface area contributed by atoms with Crippen molar-refractivity contribution in [2.75, 3.05) is 13.2 Å². The molecule has 2 atom stereocenters. The summed E-state index contributed by atoms with van der Waals surface area (Å²) < 4.78 is 0. The normalized spacial score (nSPS) is 15.6. The first-order valence-corrected chi connectivity index (χ1v) is 3.34. The molecule has 0 rings (SSSR count). The molecule has 0 saturated heterocycles. The zero-order valence-corrected chi connectivity index (χ0v) is 6.32. The maximum absolute atomic E-state index is 10.7. The van der Waals surface area contributed by atoms with Crippen LogP contribution in [0.2, 0.25) is 0 Å². The van der Waals surface area contributed by atoms with Crippen molar-refractivity contribution in [2.24, 2.45) is 0 Å². The third-order valence-corrected chi connectivity index (χ3v) is 1.14. The summed E-state index contributed by atoms with van der Waals surface area (Å²) in [6.45, 7) is 1.21. The first-order chi connectivity index (χ1) is 5.09. The van der Waals surface area contributed by atoms with Crippen LogP contribution in [0.25, 0.3) is 0 Å². The van der Waals surface area contributed by atoms with Crippen molar-refractivity contribution in [1.82, 2.24) is 5.32 Å². The number of aliphatic hydroxyl groups excluding tert-OH is 3. The van der Waals surface area contributed by atoms with Crippen molar-refractivity contribution >= 4 is 5.91 Å². The predicted octanol–water partition coefficient (Wildman–Crippen LogP) is -2.16. The molecule has 5 nitrogen and oxygen atoms in total. The third kappa shape index (κ3) is 3.92. The second-order valence-corrected chi connectivity index (χ2v) is 2.20. The number of carbonyl (C=O) groups excluding carboxylic acids is 1. The summed E-state index contributed by atoms with van der Waals surface area (Å²) in [5.74, 6) is -0.672. The molecule has 0 radical (unpaired) electrons. The third-order valence-electron chi connectivity index (χ3n) is 1.14. The van der Waals surface area contributed by atoms with Gasteiger partial charge >= 0.3 is 0 Å². The maximum Gasteiger partial charge on any atom is 0.251 e. The van der Waals surface area contributed by atoms with E-state index in [0.717, 1.165) is 0 Å². The lowest BCUT2D eigenvalue weighted by atomic mass is 10.2. The minimum absolute atomic E-state index is 0.0859. The maximum atomic E-state index is 10.7. The summed E-state index contributed by atoms with van der Waals surface area (Å²) in [4.78, 5) is 10.7. The van der Waals surface area contributed by atoms with Crippen LogP contribution in [0.1, 0.15) is 6.92 Å². The van der Waals surface area contributed by atoms with Gasteiger partial charge in [0.25, 0.3) is 5.91 Å². The second-order valence-electron chi connectivity index (χ2n) is 2.20. The van der Waals surface area contributed by atoms with Crippen LogP contribution >= 0.6 is 0 Å². The van der Waals surface area contributed by atoms with Crippen molar-refractivity contribution in [3.63, 3.8) is 0 Å². The molecule has 0 heterocycles. The lowest BCUT2D eigenvalue weighted by molar-refractivity contribution is -0.134. The van der Waals surface area contributed by atoms with Gasteiger partial charge in [-0.05, 0) is 6.92 Å². The molecule has 0 aliphatic rings. The van der Waals surface area contributed by atoms with Gasteiger partial charge in [-0.15, -0.1) is 0 Å². The lowest BCUT2D eigenvalue weighted by Gasteiger charge is -2.12. The molecule has 11 heavy (non-hydrogen) atoms. The number of hydrogen-bond donors (Lipinski definition) is 4. The summed E-state index contributed by atoms with van der Waals surface area (Å²) in [7, 11) is 0. The largest absolute Gasteiger partial charge is 0.395 e. The Morgan fingerprint density at radius 3 is 2.45 bits per heavy atom. The minimum atomic E-state index is -1.42. The summed E-state index contributed by atoms with van der Waals surface area (Å²) in [6, 6.07) is 0. The number of hydrogen-bond acceptors (Lipinski definition) is 4. The highest BCUT2D eigenvalue weighted by atomic mass is 16.3. The quantitative estimate of drug-likeness (QED) is 0.380. The predicted molar refractivity (Wildman–Crippen MR) is 37.8 cm³/mol. The van der Waals surface area contributed by atoms with Crippen LogP contribution < -0.4 is 5.32 Å². The van der Waals surface area contributed by atoms with Gasteiger partial charge in [-0.25, -0.2) is 0 Å². The van der Waals surface area contributed by atoms with Crippen LogP contribution in [0.15, 0.2) is 0 Å². The van der Waals surface area contributed by atoms with Crippen molar-refractivity contribution in [1.29, 1.82) is 0 Å². The fraction of sp³-hybridized carbons (Fsp3) is 0.833. The molecule has 4 N–H and O–H groups in total. The average molecular weight is 163 g/mol. The topological polar surface area (TPSA) is 89.8 Å². The van der Waals surface area contributed by atoms with E-state index in [2.05, 4.69) is 5.32 Å². The van der Waals surface area contributed by atoms with Crippen LogP contribution in [0.4, 0.5) is 0 Å². The molecule has 5 heteroatoms. The Morgan fingerprint density at radius 1 is 1.55 bits per heavy atom. The fourth-order valence-corrected chi connectivity index (χ4v) is 0.503. The first-order valence-electron chi connectivity index (χ1n) is 3.34. The van der Waals surface area contributed by atoms with E-state index in [9.17, 15) is 4.79 Å². The van der Waals surface area contributed by atoms with Gasteiger partial charge < -0.3 is 20.6 Å². The van der Waals surface area contributed by atoms with Crippen molar-refractivity contribution < 1.29 is 20.1 Å². The molecule has 0 aliphatic heterocycles. The highest BCUT2D eigenvalue weighted by molar-refractivity contribution is 5.80. The molecular weight excluding hydrogens is 150 g/mol. The number of aliphatic hydroxyl groups is 3. The Morgan fingerprint density at radius 2 is 2.09 bits per heavy atom. The zero-order valence-electron chi connectivity index (χ0n) is 6.32. The van der Waals surface area contributed by atoms with Gasteiger partial charge in [-0.2, -0.15) is 0 Å². The van der Waals surface area contributed by atoms with E-state index >= 15 is 0 Å². The summed E-state index contributed by atoms with van der Waals surface area (Å²) in [5, 5.41) is 28.1. The molecule has 0 aliphatic carbocycles. The van der Waals surface area contributed by atoms with Crippen molar-refractivity contribution in [3.8, 4) is 0 Å². The first kappa shape index (κ1) is 10.3. The van der Waals surface area contributed by atoms with Gasteiger partial charge in [-0.3, -0.25) is 4.79 Å². The van der Waals surface area contributed by atoms with Gasteiger partial charge in [0, 0.05) is 6.54 Å². The number of nitrogens with one attached hydrogen (secondary N) is 1. The van der Waals surface area contributed by atoms with Crippen molar-refractivity contribution in [2.45, 2.75) is 19.1 Å². The minimum Gasteiger partial charge on any atom is -0.395 e. The van der Waals surface area contributed by atoms with Crippen LogP contribution in [0, 0.1) is 0 Å². The molecule has 66 valence electrons. The number of rotatable bonds is 4. The molecular formula is C6H13NO4. The molecule has 0 aromatic heterocycles. The van der Waals surface area contributed by atoms with E-state index in [0.29, 0.717) is 0 Å². The fourth-order valence-electron chi connectivity index (χ4n) is 0.503. The Bertz CT molecular complexity index is 126. The summed E-state index contributed by atoms with van der Waals surface area (Å²) in [6.07, 6.45) is -2.50. The van der Waals surface area contributed by atoms with E-state index in [-0.39, 0.29) is 13.2 Å². The number of carbonyl (C=O) groups is 1. The smallest absolute Gasteiger partial charge is 0.251 e. The van der Waals surface area contributed by atoms with E-state index in [1.807, 2.05) is 0 Å². The van der Waals surface area contributed by atoms with Crippen LogP contribution in [0.5, 0.6) is 0 Å². The van der Waals surface area contributed by atoms with Gasteiger partial charge in [-0.1, -0.05) is 0 Å². The van der Waals surface area contributed by atoms with Gasteiger partial charge in [0.05, 0.1) is 12.7 Å². The highest BCUT2D eigenvalue weighted by Crippen LogP contribution is 1.90. The van der Waals surface area contributed by atoms with E-state index < -0.39 is 18.1 Å². The Labute approximate surface area is 64.7 Å². The Hall–Kier alpha value is -0.650. The molecule has 0 aromatic rings. The van der Waals surface area contributed by atoms with E-state index in [1.54, 1.807) is 0 Å². The molecule has 0 fully saturated rings. The summed E-state index contributed by atoms with van der Waals surface area (Å²) >= 11 is 0. The van der Waals surface area contributed by atoms with Crippen LogP contribution in [0.3, 0.4) is 0 Å². The average Bonchev–Trinajstić information content (AvgIpc) is 1.98. The molecule has 0 bridgehead atoms. The molecule has 1 amide bonds. The van der Waals surface area contributed by atoms with Gasteiger partial charge in [0.2, 0.25) is 0 Å². The van der Waals surface area contributed by atoms with Crippen LogP contribution in [-0.2, 0) is 4.79 Å². The highest BCUT2D eigenvalue weighted by Gasteiger charge is 2.19. The van der Waals surface area contributed by atoms with Gasteiger partial charge in [0.15, 0.2) is 6.10 Å². The van der Waals surface area contributed by atoms with Crippen LogP contribution in [-0.4, -0.2) is 46.6 Å². The molecule has 0 unspecified atom stereocenters. The van der Waals surface area contributed by atoms with Crippen molar-refractivity contribution in [3.05, 3.63) is 0 Å². The molecule has 0 spiro atoms. The standard InChI is InChI=1S/C6H13NO4/c1-4(9)5(10)6(11)7-2-3-8/h4-5,8-10H,2-3H2,1H3,(H,7,11)/t4-,5+/m1/s1. The summed E-state index contributed by atoms with van der Waals surface area (Å²) in [5.41, 5.74) is 0. The Kier molecular flexibility index (Phi) is 4.76. The second kappa shape index (κ2) is 5.06. The van der Waals surface area contributed by atoms with Gasteiger partial charge in [0.1, 0.15) is 0 Å². The SMILES string of the molecule is C[C@@H](O)[C@H](O)C(=O)NCCO. The van der Waals surface area contributed by atoms with E-state index in [4.69, 9.17) is 15.3 Å². The Balaban J connectivity index is 3.64. The zero-order chi connectivity index (χ0) is 8.85.